The molecule has 2 aromatic carbocycles. The quantitative estimate of drug-likeness (QED) is 0.222. The van der Waals surface area contributed by atoms with Gasteiger partial charge in [-0.1, -0.05) is 49.9 Å². The summed E-state index contributed by atoms with van der Waals surface area (Å²) in [5.41, 5.74) is 3.61. The van der Waals surface area contributed by atoms with Crippen molar-refractivity contribution in [3.05, 3.63) is 69.8 Å². The van der Waals surface area contributed by atoms with E-state index >= 15 is 0 Å². The molecule has 8 heteroatoms. The number of benzene rings is 2. The number of thiophene rings is 1. The number of carbonyl (C=O) groups is 1. The number of hydrogen-bond acceptors (Lipinski definition) is 6. The number of fused-ring (bicyclic) bond motifs is 1. The first-order valence-corrected chi connectivity index (χ1v) is 12.9. The van der Waals surface area contributed by atoms with Gasteiger partial charge in [-0.05, 0) is 55.2 Å². The molecule has 4 rings (SSSR count). The van der Waals surface area contributed by atoms with Crippen LogP contribution < -0.4 is 15.6 Å². The highest BCUT2D eigenvalue weighted by molar-refractivity contribution is 8.00. The minimum atomic E-state index is -0.449. The summed E-state index contributed by atoms with van der Waals surface area (Å²) < 4.78 is 5.43. The van der Waals surface area contributed by atoms with E-state index in [2.05, 4.69) is 41.3 Å². The molecule has 0 spiro atoms. The molecular weight excluding hydrogens is 466 g/mol. The predicted octanol–water partition coefficient (Wildman–Crippen LogP) is 6.29. The predicted molar refractivity (Wildman–Crippen MR) is 141 cm³/mol. The molecule has 0 radical (unpaired) electrons. The van der Waals surface area contributed by atoms with Gasteiger partial charge in [-0.25, -0.2) is 4.98 Å². The Morgan fingerprint density at radius 3 is 2.47 bits per heavy atom. The summed E-state index contributed by atoms with van der Waals surface area (Å²) in [7, 11) is 0. The van der Waals surface area contributed by atoms with Crippen LogP contribution in [0.25, 0.3) is 21.3 Å². The van der Waals surface area contributed by atoms with E-state index in [1.165, 1.54) is 28.7 Å². The maximum Gasteiger partial charge on any atom is 0.260 e. The van der Waals surface area contributed by atoms with Crippen LogP contribution >= 0.6 is 23.1 Å². The van der Waals surface area contributed by atoms with Gasteiger partial charge in [-0.15, -0.1) is 11.3 Å². The molecule has 1 atom stereocenters. The largest absolute Gasteiger partial charge is 0.494 e. The number of rotatable bonds is 8. The lowest BCUT2D eigenvalue weighted by Gasteiger charge is -2.12. The average molecular weight is 494 g/mol. The summed E-state index contributed by atoms with van der Waals surface area (Å²) in [4.78, 5) is 33.7. The van der Waals surface area contributed by atoms with Gasteiger partial charge in [0.05, 0.1) is 17.2 Å². The molecule has 4 aromatic rings. The van der Waals surface area contributed by atoms with Gasteiger partial charge < -0.3 is 15.0 Å². The standard InChI is InChI=1S/C26H27N3O3S2/c1-5-32-20-12-10-19(11-13-20)27-23(30)16(4)34-26-28-24(31)22-21(14-33-25(22)29-26)18-8-6-17(7-9-18)15(2)3/h6-16H,5H2,1-4H3,(H,27,30)(H,28,29,31). The Hall–Kier alpha value is -3.10. The van der Waals surface area contributed by atoms with Crippen LogP contribution in [0.3, 0.4) is 0 Å². The van der Waals surface area contributed by atoms with Crippen molar-refractivity contribution in [1.29, 1.82) is 0 Å². The van der Waals surface area contributed by atoms with E-state index in [0.29, 0.717) is 33.6 Å². The lowest BCUT2D eigenvalue weighted by atomic mass is 9.99. The molecule has 0 aliphatic carbocycles. The first kappa shape index (κ1) is 24.0. The number of amides is 1. The summed E-state index contributed by atoms with van der Waals surface area (Å²) in [6.07, 6.45) is 0. The molecule has 1 unspecified atom stereocenters. The molecule has 0 aliphatic heterocycles. The minimum Gasteiger partial charge on any atom is -0.494 e. The van der Waals surface area contributed by atoms with Gasteiger partial charge in [0.15, 0.2) is 5.16 Å². The number of nitrogens with one attached hydrogen (secondary N) is 2. The molecule has 0 bridgehead atoms. The molecule has 34 heavy (non-hydrogen) atoms. The van der Waals surface area contributed by atoms with Crippen molar-refractivity contribution in [2.75, 3.05) is 11.9 Å². The zero-order chi connectivity index (χ0) is 24.2. The summed E-state index contributed by atoms with van der Waals surface area (Å²) in [5, 5.41) is 5.41. The van der Waals surface area contributed by atoms with Gasteiger partial charge in [-0.3, -0.25) is 9.59 Å². The fraction of sp³-hybridized carbons (Fsp3) is 0.269. The third-order valence-electron chi connectivity index (χ3n) is 5.40. The smallest absolute Gasteiger partial charge is 0.260 e. The Labute approximate surface area is 206 Å². The van der Waals surface area contributed by atoms with Gasteiger partial charge in [0.2, 0.25) is 5.91 Å². The van der Waals surface area contributed by atoms with E-state index in [4.69, 9.17) is 4.74 Å². The molecule has 0 saturated carbocycles. The number of thioether (sulfide) groups is 1. The highest BCUT2D eigenvalue weighted by Crippen LogP contribution is 2.33. The van der Waals surface area contributed by atoms with Crippen LogP contribution in [-0.4, -0.2) is 27.7 Å². The zero-order valence-electron chi connectivity index (χ0n) is 19.5. The molecule has 6 nitrogen and oxygen atoms in total. The molecule has 0 aliphatic rings. The van der Waals surface area contributed by atoms with Crippen LogP contribution in [-0.2, 0) is 4.79 Å². The number of hydrogen-bond donors (Lipinski definition) is 2. The van der Waals surface area contributed by atoms with Crippen LogP contribution in [0.5, 0.6) is 5.75 Å². The average Bonchev–Trinajstić information content (AvgIpc) is 3.25. The minimum absolute atomic E-state index is 0.172. The number of nitrogens with zero attached hydrogens (tertiary/aromatic N) is 1. The van der Waals surface area contributed by atoms with Crippen molar-refractivity contribution >= 4 is 44.9 Å². The Kier molecular flexibility index (Phi) is 7.38. The Balaban J connectivity index is 1.49. The summed E-state index contributed by atoms with van der Waals surface area (Å²) >= 11 is 2.66. The van der Waals surface area contributed by atoms with Gasteiger partial charge in [0, 0.05) is 16.6 Å². The second-order valence-electron chi connectivity index (χ2n) is 8.18. The molecule has 0 fully saturated rings. The van der Waals surface area contributed by atoms with E-state index in [0.717, 1.165) is 16.9 Å². The van der Waals surface area contributed by atoms with Crippen molar-refractivity contribution in [3.8, 4) is 16.9 Å². The Bertz CT molecular complexity index is 1340. The van der Waals surface area contributed by atoms with Gasteiger partial charge in [0.1, 0.15) is 10.6 Å². The van der Waals surface area contributed by atoms with Crippen LogP contribution in [0.2, 0.25) is 0 Å². The second-order valence-corrected chi connectivity index (χ2v) is 10.4. The first-order valence-electron chi connectivity index (χ1n) is 11.2. The van der Waals surface area contributed by atoms with Crippen LogP contribution in [0.1, 0.15) is 39.2 Å². The summed E-state index contributed by atoms with van der Waals surface area (Å²) in [6, 6.07) is 15.5. The fourth-order valence-corrected chi connectivity index (χ4v) is 5.31. The van der Waals surface area contributed by atoms with E-state index in [-0.39, 0.29) is 11.5 Å². The van der Waals surface area contributed by atoms with Gasteiger partial charge in [-0.2, -0.15) is 0 Å². The van der Waals surface area contributed by atoms with Crippen molar-refractivity contribution in [2.45, 2.75) is 44.0 Å². The third-order valence-corrected chi connectivity index (χ3v) is 7.26. The number of ether oxygens (including phenoxy) is 1. The molecule has 0 saturated heterocycles. The number of H-pyrrole nitrogens is 1. The van der Waals surface area contributed by atoms with Crippen LogP contribution in [0, 0.1) is 0 Å². The third kappa shape index (κ3) is 5.34. The Morgan fingerprint density at radius 2 is 1.82 bits per heavy atom. The van der Waals surface area contributed by atoms with Crippen LogP contribution in [0.15, 0.2) is 63.9 Å². The number of aromatic amines is 1. The maximum absolute atomic E-state index is 12.9. The van der Waals surface area contributed by atoms with E-state index in [1.807, 2.05) is 36.6 Å². The first-order chi connectivity index (χ1) is 16.4. The maximum atomic E-state index is 12.9. The fourth-order valence-electron chi connectivity index (χ4n) is 3.51. The molecule has 2 aromatic heterocycles. The molecular formula is C26H27N3O3S2. The Morgan fingerprint density at radius 1 is 1.12 bits per heavy atom. The number of aromatic nitrogens is 2. The van der Waals surface area contributed by atoms with Gasteiger partial charge >= 0.3 is 0 Å². The zero-order valence-corrected chi connectivity index (χ0v) is 21.2. The van der Waals surface area contributed by atoms with E-state index in [1.54, 1.807) is 19.1 Å². The topological polar surface area (TPSA) is 84.1 Å². The lowest BCUT2D eigenvalue weighted by Crippen LogP contribution is -2.23. The van der Waals surface area contributed by atoms with Crippen molar-refractivity contribution in [2.24, 2.45) is 0 Å². The molecule has 176 valence electrons. The number of anilines is 1. The van der Waals surface area contributed by atoms with Crippen molar-refractivity contribution in [3.63, 3.8) is 0 Å². The molecule has 2 heterocycles. The summed E-state index contributed by atoms with van der Waals surface area (Å²) in [6.45, 7) is 8.61. The van der Waals surface area contributed by atoms with E-state index < -0.39 is 5.25 Å². The monoisotopic (exact) mass is 493 g/mol. The van der Waals surface area contributed by atoms with Gasteiger partial charge in [0.25, 0.3) is 5.56 Å². The van der Waals surface area contributed by atoms with Crippen molar-refractivity contribution < 1.29 is 9.53 Å². The lowest BCUT2D eigenvalue weighted by molar-refractivity contribution is -0.115. The van der Waals surface area contributed by atoms with Crippen LogP contribution in [0.4, 0.5) is 5.69 Å². The van der Waals surface area contributed by atoms with Crippen molar-refractivity contribution in [1.82, 2.24) is 9.97 Å². The highest BCUT2D eigenvalue weighted by atomic mass is 32.2. The molecule has 2 N–H and O–H groups in total. The normalized spacial score (nSPS) is 12.1. The summed E-state index contributed by atoms with van der Waals surface area (Å²) in [5.74, 6) is 1.03. The second kappa shape index (κ2) is 10.4. The SMILES string of the molecule is CCOc1ccc(NC(=O)C(C)Sc2nc3scc(-c4ccc(C(C)C)cc4)c3c(=O)[nH]2)cc1. The molecule has 1 amide bonds. The van der Waals surface area contributed by atoms with E-state index in [9.17, 15) is 9.59 Å². The highest BCUT2D eigenvalue weighted by Gasteiger charge is 2.19. The number of carbonyl (C=O) groups excluding carboxylic acids is 1.